The minimum absolute atomic E-state index is 0.121. The third kappa shape index (κ3) is 12.8. The fraction of sp³-hybridized carbons (Fsp3) is 0.429. The quantitative estimate of drug-likeness (QED) is 0.0931. The lowest BCUT2D eigenvalue weighted by Crippen LogP contribution is -2.16. The highest BCUT2D eigenvalue weighted by Crippen LogP contribution is 2.32. The second-order valence-corrected chi connectivity index (χ2v) is 9.22. The van der Waals surface area contributed by atoms with E-state index >= 15 is 0 Å². The van der Waals surface area contributed by atoms with Crippen molar-refractivity contribution in [3.05, 3.63) is 59.5 Å². The first-order chi connectivity index (χ1) is 16.9. The summed E-state index contributed by atoms with van der Waals surface area (Å²) in [5.74, 6) is 2.37. The van der Waals surface area contributed by atoms with Crippen LogP contribution in [0.4, 0.5) is 11.4 Å². The highest BCUT2D eigenvalue weighted by atomic mass is 32.2. The largest absolute Gasteiger partial charge is 0.497 e. The van der Waals surface area contributed by atoms with Gasteiger partial charge < -0.3 is 14.4 Å². The van der Waals surface area contributed by atoms with E-state index in [2.05, 4.69) is 55.2 Å². The molecule has 2 aromatic rings. The van der Waals surface area contributed by atoms with Crippen molar-refractivity contribution in [2.24, 2.45) is 4.99 Å². The summed E-state index contributed by atoms with van der Waals surface area (Å²) >= 11 is 3.45. The molecular weight excluding hydrogens is 476 g/mol. The number of anilines is 1. The van der Waals surface area contributed by atoms with Crippen LogP contribution in [0.1, 0.15) is 44.7 Å². The highest BCUT2D eigenvalue weighted by Gasteiger charge is 2.08. The molecule has 0 saturated heterocycles. The van der Waals surface area contributed by atoms with Crippen molar-refractivity contribution >= 4 is 47.6 Å². The van der Waals surface area contributed by atoms with E-state index in [9.17, 15) is 4.79 Å². The SMILES string of the molecule is C=CSc1cccc(C)c1C.C=Nc1cc(OC)ccc1N(C)CSCCCC(=O)OCC.CC. The molecule has 0 saturated carbocycles. The number of hydrogen-bond acceptors (Lipinski definition) is 7. The molecule has 0 aromatic heterocycles. The zero-order chi connectivity index (χ0) is 26.6. The molecule has 0 unspecified atom stereocenters. The molecule has 0 spiro atoms. The second kappa shape index (κ2) is 19.9. The number of thioether (sulfide) groups is 2. The lowest BCUT2D eigenvalue weighted by molar-refractivity contribution is -0.143. The number of methoxy groups -OCH3 is 1. The summed E-state index contributed by atoms with van der Waals surface area (Å²) < 4.78 is 10.1. The standard InChI is InChI=1S/C16H24N2O3S.C10H12S.C2H6/c1-5-21-16(19)7-6-10-22-12-18(3)15-9-8-13(20-4)11-14(15)17-2;1-4-11-10-7-5-6-8(2)9(10)3;1-2/h8-9,11H,2,5-7,10,12H2,1,3-4H3;4-7H,1H2,2-3H3;1-2H3. The van der Waals surface area contributed by atoms with Crippen LogP contribution in [0, 0.1) is 13.8 Å². The Morgan fingerprint density at radius 3 is 2.51 bits per heavy atom. The molecule has 35 heavy (non-hydrogen) atoms. The summed E-state index contributed by atoms with van der Waals surface area (Å²) in [6.07, 6.45) is 1.30. The Balaban J connectivity index is 0.000000742. The van der Waals surface area contributed by atoms with Crippen LogP contribution in [0.2, 0.25) is 0 Å². The molecule has 0 atom stereocenters. The third-order valence-electron chi connectivity index (χ3n) is 4.79. The van der Waals surface area contributed by atoms with E-state index in [4.69, 9.17) is 9.47 Å². The van der Waals surface area contributed by atoms with Gasteiger partial charge in [-0.2, -0.15) is 0 Å². The van der Waals surface area contributed by atoms with Gasteiger partial charge in [0, 0.05) is 24.4 Å². The fourth-order valence-corrected chi connectivity index (χ4v) is 4.41. The normalized spacial score (nSPS) is 9.57. The lowest BCUT2D eigenvalue weighted by atomic mass is 10.1. The Bertz CT molecular complexity index is 904. The highest BCUT2D eigenvalue weighted by molar-refractivity contribution is 8.02. The van der Waals surface area contributed by atoms with E-state index in [1.807, 2.05) is 51.4 Å². The van der Waals surface area contributed by atoms with Gasteiger partial charge in [0.25, 0.3) is 0 Å². The van der Waals surface area contributed by atoms with Crippen LogP contribution in [0.15, 0.2) is 58.3 Å². The smallest absolute Gasteiger partial charge is 0.305 e. The molecule has 0 bridgehead atoms. The van der Waals surface area contributed by atoms with Crippen molar-refractivity contribution in [1.29, 1.82) is 0 Å². The van der Waals surface area contributed by atoms with Gasteiger partial charge in [-0.1, -0.05) is 44.3 Å². The molecular formula is C28H42N2O3S2. The van der Waals surface area contributed by atoms with E-state index in [1.165, 1.54) is 16.0 Å². The van der Waals surface area contributed by atoms with Crippen LogP contribution in [0.5, 0.6) is 5.75 Å². The minimum Gasteiger partial charge on any atom is -0.497 e. The van der Waals surface area contributed by atoms with Crippen molar-refractivity contribution in [3.63, 3.8) is 0 Å². The number of carbonyl (C=O) groups is 1. The number of benzene rings is 2. The van der Waals surface area contributed by atoms with Crippen molar-refractivity contribution in [2.45, 2.75) is 52.4 Å². The maximum Gasteiger partial charge on any atom is 0.305 e. The molecule has 194 valence electrons. The summed E-state index contributed by atoms with van der Waals surface area (Å²) in [6.45, 7) is 17.8. The molecule has 0 heterocycles. The molecule has 5 nitrogen and oxygen atoms in total. The van der Waals surface area contributed by atoms with Gasteiger partial charge in [0.15, 0.2) is 0 Å². The van der Waals surface area contributed by atoms with Gasteiger partial charge >= 0.3 is 5.97 Å². The van der Waals surface area contributed by atoms with Crippen LogP contribution < -0.4 is 9.64 Å². The number of ether oxygens (including phenoxy) is 2. The van der Waals surface area contributed by atoms with Crippen LogP contribution in [-0.4, -0.2) is 45.1 Å². The maximum atomic E-state index is 11.2. The van der Waals surface area contributed by atoms with Crippen molar-refractivity contribution in [1.82, 2.24) is 0 Å². The number of aryl methyl sites for hydroxylation is 1. The number of esters is 1. The molecule has 0 fully saturated rings. The summed E-state index contributed by atoms with van der Waals surface area (Å²) in [7, 11) is 3.64. The first-order valence-electron chi connectivity index (χ1n) is 11.8. The maximum absolute atomic E-state index is 11.2. The molecule has 2 aromatic carbocycles. The number of carbonyl (C=O) groups excluding carboxylic acids is 1. The Morgan fingerprint density at radius 1 is 1.20 bits per heavy atom. The van der Waals surface area contributed by atoms with Gasteiger partial charge in [-0.3, -0.25) is 9.79 Å². The van der Waals surface area contributed by atoms with E-state index in [0.29, 0.717) is 13.0 Å². The van der Waals surface area contributed by atoms with Gasteiger partial charge in [0.1, 0.15) is 5.75 Å². The monoisotopic (exact) mass is 518 g/mol. The predicted octanol–water partition coefficient (Wildman–Crippen LogP) is 8.06. The second-order valence-electron chi connectivity index (χ2n) is 7.14. The van der Waals surface area contributed by atoms with Gasteiger partial charge in [0.2, 0.25) is 0 Å². The Kier molecular flexibility index (Phi) is 18.5. The number of rotatable bonds is 12. The number of hydrogen-bond donors (Lipinski definition) is 0. The summed E-state index contributed by atoms with van der Waals surface area (Å²) in [4.78, 5) is 18.7. The molecule has 0 aliphatic carbocycles. The van der Waals surface area contributed by atoms with E-state index in [1.54, 1.807) is 30.6 Å². The van der Waals surface area contributed by atoms with Gasteiger partial charge in [-0.15, -0.1) is 11.8 Å². The lowest BCUT2D eigenvalue weighted by Gasteiger charge is -2.21. The number of aliphatic imine (C=N–C) groups is 1. The summed E-state index contributed by atoms with van der Waals surface area (Å²) in [5.41, 5.74) is 4.51. The molecule has 0 radical (unpaired) electrons. The Labute approximate surface area is 221 Å². The predicted molar refractivity (Wildman–Crippen MR) is 157 cm³/mol. The average Bonchev–Trinajstić information content (AvgIpc) is 2.88. The first-order valence-corrected chi connectivity index (χ1v) is 13.8. The minimum atomic E-state index is -0.121. The number of nitrogens with zero attached hydrogens (tertiary/aromatic N) is 2. The van der Waals surface area contributed by atoms with Crippen LogP contribution in [0.25, 0.3) is 0 Å². The molecule has 7 heteroatoms. The van der Waals surface area contributed by atoms with Crippen LogP contribution in [0.3, 0.4) is 0 Å². The van der Waals surface area contributed by atoms with Crippen molar-refractivity contribution < 1.29 is 14.3 Å². The summed E-state index contributed by atoms with van der Waals surface area (Å²) in [6, 6.07) is 12.1. The van der Waals surface area contributed by atoms with Gasteiger partial charge in [-0.05, 0) is 74.4 Å². The topological polar surface area (TPSA) is 51.1 Å². The van der Waals surface area contributed by atoms with Crippen LogP contribution in [-0.2, 0) is 9.53 Å². The molecule has 0 N–H and O–H groups in total. The van der Waals surface area contributed by atoms with Gasteiger partial charge in [0.05, 0.1) is 31.0 Å². The molecule has 0 amide bonds. The van der Waals surface area contributed by atoms with E-state index < -0.39 is 0 Å². The Hall–Kier alpha value is -2.38. The van der Waals surface area contributed by atoms with Crippen LogP contribution >= 0.6 is 23.5 Å². The molecule has 2 rings (SSSR count). The van der Waals surface area contributed by atoms with E-state index in [0.717, 1.165) is 35.2 Å². The van der Waals surface area contributed by atoms with Crippen molar-refractivity contribution in [3.8, 4) is 5.75 Å². The third-order valence-corrected chi connectivity index (χ3v) is 6.80. The molecule has 0 aliphatic rings. The Morgan fingerprint density at radius 2 is 1.91 bits per heavy atom. The zero-order valence-electron chi connectivity index (χ0n) is 22.4. The first kappa shape index (κ1) is 32.6. The zero-order valence-corrected chi connectivity index (χ0v) is 24.1. The van der Waals surface area contributed by atoms with Crippen molar-refractivity contribution in [2.75, 3.05) is 37.3 Å². The van der Waals surface area contributed by atoms with Gasteiger partial charge in [-0.25, -0.2) is 0 Å². The summed E-state index contributed by atoms with van der Waals surface area (Å²) in [5, 5.41) is 1.86. The fourth-order valence-electron chi connectivity index (χ4n) is 2.84. The molecule has 0 aliphatic heterocycles. The average molecular weight is 519 g/mol. The van der Waals surface area contributed by atoms with E-state index in [-0.39, 0.29) is 5.97 Å².